The molecule has 154 valence electrons. The maximum atomic E-state index is 5.15. The highest BCUT2D eigenvalue weighted by Crippen LogP contribution is 2.49. The third-order valence-corrected chi connectivity index (χ3v) is 7.38. The number of aryl methyl sites for hydroxylation is 3. The topological polar surface area (TPSA) is 33.4 Å². The van der Waals surface area contributed by atoms with Crippen molar-refractivity contribution >= 4 is 16.9 Å². The van der Waals surface area contributed by atoms with Crippen molar-refractivity contribution in [2.75, 3.05) is 6.54 Å². The standard InChI is InChI=1S/C25H28N4S/c1-15-9-10-16(2)22(12-15)29-17(3)13-20(19(29)5)24-23(21-8-6-7-11-26-21)27-25-28(24)14-18(4)30-25/h6-13,18,23-24H,14H2,1-5H3/t18-,23-,24+/m0/s1. The van der Waals surface area contributed by atoms with Gasteiger partial charge >= 0.3 is 0 Å². The lowest BCUT2D eigenvalue weighted by Gasteiger charge is -2.27. The van der Waals surface area contributed by atoms with Gasteiger partial charge in [-0.05, 0) is 68.7 Å². The molecule has 0 spiro atoms. The van der Waals surface area contributed by atoms with Gasteiger partial charge in [-0.3, -0.25) is 9.98 Å². The van der Waals surface area contributed by atoms with Crippen molar-refractivity contribution in [3.05, 3.63) is 82.4 Å². The van der Waals surface area contributed by atoms with Crippen LogP contribution in [-0.4, -0.2) is 31.4 Å². The van der Waals surface area contributed by atoms with Crippen LogP contribution < -0.4 is 0 Å². The minimum Gasteiger partial charge on any atom is -0.341 e. The second kappa shape index (κ2) is 7.31. The molecule has 0 saturated carbocycles. The van der Waals surface area contributed by atoms with Crippen molar-refractivity contribution in [3.63, 3.8) is 0 Å². The molecule has 2 aliphatic heterocycles. The van der Waals surface area contributed by atoms with Crippen LogP contribution in [0.25, 0.3) is 5.69 Å². The van der Waals surface area contributed by atoms with Crippen molar-refractivity contribution in [2.45, 2.75) is 52.0 Å². The number of aliphatic imine (C=N–C) groups is 1. The lowest BCUT2D eigenvalue weighted by molar-refractivity contribution is 0.320. The minimum absolute atomic E-state index is 0.0359. The summed E-state index contributed by atoms with van der Waals surface area (Å²) < 4.78 is 2.41. The number of rotatable bonds is 3. The van der Waals surface area contributed by atoms with E-state index >= 15 is 0 Å². The number of pyridine rings is 1. The largest absolute Gasteiger partial charge is 0.341 e. The summed E-state index contributed by atoms with van der Waals surface area (Å²) in [7, 11) is 0. The van der Waals surface area contributed by atoms with Gasteiger partial charge in [-0.1, -0.05) is 36.9 Å². The van der Waals surface area contributed by atoms with Gasteiger partial charge < -0.3 is 9.47 Å². The molecular formula is C25H28N4S. The van der Waals surface area contributed by atoms with Gasteiger partial charge in [0.2, 0.25) is 0 Å². The van der Waals surface area contributed by atoms with Crippen LogP contribution in [0.2, 0.25) is 0 Å². The Hall–Kier alpha value is -2.53. The molecule has 3 atom stereocenters. The van der Waals surface area contributed by atoms with Crippen LogP contribution in [0, 0.1) is 27.7 Å². The van der Waals surface area contributed by atoms with Crippen molar-refractivity contribution in [1.29, 1.82) is 0 Å². The molecule has 0 unspecified atom stereocenters. The molecule has 0 bridgehead atoms. The first-order valence-electron chi connectivity index (χ1n) is 10.6. The van der Waals surface area contributed by atoms with Crippen LogP contribution in [0.3, 0.4) is 0 Å². The minimum atomic E-state index is 0.0359. The lowest BCUT2D eigenvalue weighted by Crippen LogP contribution is -2.28. The fraction of sp³-hybridized carbons (Fsp3) is 0.360. The lowest BCUT2D eigenvalue weighted by atomic mass is 9.96. The number of aromatic nitrogens is 2. The Labute approximate surface area is 183 Å². The number of fused-ring (bicyclic) bond motifs is 1. The number of benzene rings is 1. The molecule has 0 aliphatic carbocycles. The molecule has 5 rings (SSSR count). The van der Waals surface area contributed by atoms with Crippen LogP contribution >= 0.6 is 11.8 Å². The van der Waals surface area contributed by atoms with Crippen LogP contribution in [0.1, 0.15) is 52.8 Å². The average molecular weight is 417 g/mol. The van der Waals surface area contributed by atoms with Crippen molar-refractivity contribution in [1.82, 2.24) is 14.5 Å². The van der Waals surface area contributed by atoms with Gasteiger partial charge in [0.25, 0.3) is 0 Å². The smallest absolute Gasteiger partial charge is 0.160 e. The van der Waals surface area contributed by atoms with Crippen LogP contribution in [0.4, 0.5) is 0 Å². The molecule has 2 aliphatic rings. The summed E-state index contributed by atoms with van der Waals surface area (Å²) in [6, 6.07) is 15.4. The first-order valence-corrected chi connectivity index (χ1v) is 11.5. The van der Waals surface area contributed by atoms with Crippen LogP contribution in [0.15, 0.2) is 53.7 Å². The Morgan fingerprint density at radius 2 is 1.87 bits per heavy atom. The molecule has 5 heteroatoms. The second-order valence-corrected chi connectivity index (χ2v) is 9.99. The molecule has 30 heavy (non-hydrogen) atoms. The molecule has 4 nitrogen and oxygen atoms in total. The summed E-state index contributed by atoms with van der Waals surface area (Å²) in [6.45, 7) is 12.1. The molecule has 3 aromatic rings. The van der Waals surface area contributed by atoms with E-state index in [9.17, 15) is 0 Å². The Bertz CT molecular complexity index is 1130. The van der Waals surface area contributed by atoms with Crippen LogP contribution in [0.5, 0.6) is 0 Å². The summed E-state index contributed by atoms with van der Waals surface area (Å²) in [4.78, 5) is 12.3. The van der Waals surface area contributed by atoms with E-state index in [1.165, 1.54) is 38.9 Å². The number of hydrogen-bond acceptors (Lipinski definition) is 4. The maximum absolute atomic E-state index is 5.15. The number of amidine groups is 1. The van der Waals surface area contributed by atoms with Gasteiger partial charge in [0.15, 0.2) is 5.17 Å². The van der Waals surface area contributed by atoms with Crippen molar-refractivity contribution < 1.29 is 0 Å². The maximum Gasteiger partial charge on any atom is 0.160 e. The Kier molecular flexibility index (Phi) is 4.73. The molecule has 4 heterocycles. The molecule has 0 N–H and O–H groups in total. The van der Waals surface area contributed by atoms with E-state index in [1.54, 1.807) is 0 Å². The van der Waals surface area contributed by atoms with Gasteiger partial charge in [0, 0.05) is 35.1 Å². The Balaban J connectivity index is 1.64. The van der Waals surface area contributed by atoms with E-state index in [4.69, 9.17) is 4.99 Å². The number of nitrogens with zero attached hydrogens (tertiary/aromatic N) is 4. The number of thioether (sulfide) groups is 1. The van der Waals surface area contributed by atoms with Gasteiger partial charge in [-0.15, -0.1) is 0 Å². The predicted molar refractivity (Wildman–Crippen MR) is 126 cm³/mol. The van der Waals surface area contributed by atoms with Crippen molar-refractivity contribution in [2.24, 2.45) is 4.99 Å². The average Bonchev–Trinajstić information content (AvgIpc) is 3.34. The second-order valence-electron chi connectivity index (χ2n) is 8.59. The third kappa shape index (κ3) is 3.07. The highest BCUT2D eigenvalue weighted by atomic mass is 32.2. The van der Waals surface area contributed by atoms with Gasteiger partial charge in [0.05, 0.1) is 11.7 Å². The van der Waals surface area contributed by atoms with E-state index < -0.39 is 0 Å². The summed E-state index contributed by atoms with van der Waals surface area (Å²) >= 11 is 1.89. The summed E-state index contributed by atoms with van der Waals surface area (Å²) in [5, 5.41) is 1.73. The summed E-state index contributed by atoms with van der Waals surface area (Å²) in [5.74, 6) is 0. The SMILES string of the molecule is Cc1ccc(C)c(-n2c(C)cc([C@@H]3[C@H](c4ccccn4)N=C4S[C@@H](C)CN43)c2C)c1. The molecule has 0 radical (unpaired) electrons. The molecule has 0 amide bonds. The normalized spacial score (nSPS) is 23.0. The zero-order valence-electron chi connectivity index (χ0n) is 18.3. The first-order chi connectivity index (χ1) is 14.4. The van der Waals surface area contributed by atoms with E-state index in [0.29, 0.717) is 5.25 Å². The van der Waals surface area contributed by atoms with Crippen LogP contribution in [-0.2, 0) is 0 Å². The van der Waals surface area contributed by atoms with E-state index in [2.05, 4.69) is 85.5 Å². The zero-order chi connectivity index (χ0) is 21.0. The third-order valence-electron chi connectivity index (χ3n) is 6.28. The Morgan fingerprint density at radius 3 is 2.63 bits per heavy atom. The monoisotopic (exact) mass is 416 g/mol. The van der Waals surface area contributed by atoms with E-state index in [0.717, 1.165) is 12.2 Å². The fourth-order valence-corrected chi connectivity index (χ4v) is 5.96. The highest BCUT2D eigenvalue weighted by molar-refractivity contribution is 8.14. The highest BCUT2D eigenvalue weighted by Gasteiger charge is 2.44. The van der Waals surface area contributed by atoms with Crippen molar-refractivity contribution in [3.8, 4) is 5.69 Å². The fourth-order valence-electron chi connectivity index (χ4n) is 4.87. The molecule has 1 saturated heterocycles. The van der Waals surface area contributed by atoms with Gasteiger partial charge in [-0.25, -0.2) is 0 Å². The first kappa shape index (κ1) is 19.4. The van der Waals surface area contributed by atoms with Gasteiger partial charge in [-0.2, -0.15) is 0 Å². The van der Waals surface area contributed by atoms with Gasteiger partial charge in [0.1, 0.15) is 6.04 Å². The quantitative estimate of drug-likeness (QED) is 0.549. The molecule has 1 aromatic carbocycles. The predicted octanol–water partition coefficient (Wildman–Crippen LogP) is 5.70. The molecule has 1 fully saturated rings. The number of hydrogen-bond donors (Lipinski definition) is 0. The van der Waals surface area contributed by atoms with E-state index in [1.807, 2.05) is 24.0 Å². The summed E-state index contributed by atoms with van der Waals surface area (Å²) in [6.07, 6.45) is 1.88. The molecule has 2 aromatic heterocycles. The zero-order valence-corrected chi connectivity index (χ0v) is 19.1. The Morgan fingerprint density at radius 1 is 1.03 bits per heavy atom. The van der Waals surface area contributed by atoms with E-state index in [-0.39, 0.29) is 12.1 Å². The summed E-state index contributed by atoms with van der Waals surface area (Å²) in [5.41, 5.74) is 8.83. The molecular weight excluding hydrogens is 388 g/mol.